The SMILES string of the molecule is C[N+]1(CCCc2cccs2)CC[C@@H](OC(=O)C(O)(c2cccs2)c2cccs2)C1.[Br-]. The Kier molecular flexibility index (Phi) is 7.92. The second kappa shape index (κ2) is 10.1. The summed E-state index contributed by atoms with van der Waals surface area (Å²) in [6, 6.07) is 11.6. The van der Waals surface area contributed by atoms with Crippen LogP contribution in [0.5, 0.6) is 0 Å². The molecule has 3 aromatic heterocycles. The number of esters is 1. The lowest BCUT2D eigenvalue weighted by Crippen LogP contribution is -3.00. The number of ether oxygens (including phenoxy) is 1. The van der Waals surface area contributed by atoms with E-state index in [1.165, 1.54) is 27.6 Å². The molecule has 2 atom stereocenters. The van der Waals surface area contributed by atoms with Crippen LogP contribution in [0, 0.1) is 0 Å². The Labute approximate surface area is 200 Å². The van der Waals surface area contributed by atoms with Gasteiger partial charge >= 0.3 is 5.97 Å². The average molecular weight is 529 g/mol. The van der Waals surface area contributed by atoms with Crippen LogP contribution in [-0.2, 0) is 21.6 Å². The van der Waals surface area contributed by atoms with Crippen LogP contribution < -0.4 is 17.0 Å². The van der Waals surface area contributed by atoms with Crippen LogP contribution in [0.3, 0.4) is 0 Å². The maximum absolute atomic E-state index is 13.1. The summed E-state index contributed by atoms with van der Waals surface area (Å²) in [5, 5.41) is 17.3. The molecule has 30 heavy (non-hydrogen) atoms. The normalized spacial score (nSPS) is 21.3. The Bertz CT molecular complexity index is 878. The number of nitrogens with zero attached hydrogens (tertiary/aromatic N) is 1. The lowest BCUT2D eigenvalue weighted by atomic mass is 10.00. The van der Waals surface area contributed by atoms with Crippen LogP contribution in [0.2, 0.25) is 0 Å². The highest BCUT2D eigenvalue weighted by Crippen LogP contribution is 2.37. The van der Waals surface area contributed by atoms with Gasteiger partial charge in [-0.15, -0.1) is 34.0 Å². The molecule has 0 bridgehead atoms. The highest BCUT2D eigenvalue weighted by molar-refractivity contribution is 7.12. The molecule has 0 radical (unpaired) electrons. The van der Waals surface area contributed by atoms with Gasteiger partial charge in [0.15, 0.2) is 6.10 Å². The van der Waals surface area contributed by atoms with Gasteiger partial charge in [0.25, 0.3) is 0 Å². The van der Waals surface area contributed by atoms with Crippen molar-refractivity contribution in [3.63, 3.8) is 0 Å². The molecule has 0 spiro atoms. The van der Waals surface area contributed by atoms with Gasteiger partial charge in [-0.3, -0.25) is 0 Å². The quantitative estimate of drug-likeness (QED) is 0.356. The van der Waals surface area contributed by atoms with Gasteiger partial charge < -0.3 is 31.3 Å². The van der Waals surface area contributed by atoms with Crippen molar-refractivity contribution in [1.29, 1.82) is 0 Å². The highest BCUT2D eigenvalue weighted by atomic mass is 79.9. The van der Waals surface area contributed by atoms with Crippen LogP contribution >= 0.6 is 34.0 Å². The number of rotatable bonds is 8. The van der Waals surface area contributed by atoms with Crippen molar-refractivity contribution in [3.05, 3.63) is 67.2 Å². The molecule has 0 saturated carbocycles. The monoisotopic (exact) mass is 527 g/mol. The molecule has 8 heteroatoms. The summed E-state index contributed by atoms with van der Waals surface area (Å²) >= 11 is 4.56. The molecule has 4 nitrogen and oxygen atoms in total. The third-order valence-corrected chi connectivity index (χ3v) is 8.55. The summed E-state index contributed by atoms with van der Waals surface area (Å²) in [4.78, 5) is 15.8. The molecule has 0 aliphatic carbocycles. The van der Waals surface area contributed by atoms with E-state index in [9.17, 15) is 9.90 Å². The van der Waals surface area contributed by atoms with Gasteiger partial charge in [-0.05, 0) is 40.8 Å². The van der Waals surface area contributed by atoms with Crippen LogP contribution in [0.15, 0.2) is 52.5 Å². The largest absolute Gasteiger partial charge is 1.00 e. The predicted molar refractivity (Wildman–Crippen MR) is 120 cm³/mol. The van der Waals surface area contributed by atoms with Crippen molar-refractivity contribution >= 4 is 40.0 Å². The molecule has 4 rings (SSSR count). The molecule has 1 aliphatic heterocycles. The van der Waals surface area contributed by atoms with Crippen LogP contribution in [0.4, 0.5) is 0 Å². The number of hydrogen-bond acceptors (Lipinski definition) is 6. The molecule has 1 N–H and O–H groups in total. The molecule has 0 amide bonds. The van der Waals surface area contributed by atoms with Gasteiger partial charge in [-0.1, -0.05) is 18.2 Å². The maximum atomic E-state index is 13.1. The van der Waals surface area contributed by atoms with E-state index in [1.54, 1.807) is 12.1 Å². The van der Waals surface area contributed by atoms with Gasteiger partial charge in [0.2, 0.25) is 5.60 Å². The summed E-state index contributed by atoms with van der Waals surface area (Å²) in [5.74, 6) is -0.556. The summed E-state index contributed by atoms with van der Waals surface area (Å²) in [6.45, 7) is 2.88. The lowest BCUT2D eigenvalue weighted by molar-refractivity contribution is -0.899. The Morgan fingerprint density at radius 1 is 1.13 bits per heavy atom. The number of aryl methyl sites for hydroxylation is 1. The third kappa shape index (κ3) is 5.06. The molecule has 1 saturated heterocycles. The topological polar surface area (TPSA) is 46.5 Å². The zero-order valence-corrected chi connectivity index (χ0v) is 20.9. The first-order chi connectivity index (χ1) is 14.0. The second-order valence-corrected chi connectivity index (χ2v) is 10.8. The zero-order chi connectivity index (χ0) is 20.3. The second-order valence-electron chi connectivity index (χ2n) is 7.91. The number of thiophene rings is 3. The molecule has 162 valence electrons. The van der Waals surface area contributed by atoms with Gasteiger partial charge in [0.05, 0.1) is 29.9 Å². The average Bonchev–Trinajstić information content (AvgIpc) is 3.49. The van der Waals surface area contributed by atoms with Gasteiger partial charge in [0, 0.05) is 17.7 Å². The van der Waals surface area contributed by atoms with E-state index >= 15 is 0 Å². The number of aliphatic hydroxyl groups is 1. The molecule has 1 aliphatic rings. The molecule has 4 heterocycles. The van der Waals surface area contributed by atoms with Gasteiger partial charge in [-0.25, -0.2) is 4.79 Å². The molecular weight excluding hydrogens is 502 g/mol. The molecule has 1 fully saturated rings. The van der Waals surface area contributed by atoms with E-state index in [4.69, 9.17) is 4.74 Å². The van der Waals surface area contributed by atoms with Crippen molar-refractivity contribution in [2.45, 2.75) is 31.0 Å². The van der Waals surface area contributed by atoms with Crippen LogP contribution in [-0.4, -0.2) is 48.3 Å². The van der Waals surface area contributed by atoms with Crippen LogP contribution in [0.25, 0.3) is 0 Å². The van der Waals surface area contributed by atoms with E-state index in [1.807, 2.05) is 34.2 Å². The third-order valence-electron chi connectivity index (χ3n) is 5.66. The summed E-state index contributed by atoms with van der Waals surface area (Å²) in [5.41, 5.74) is -1.71. The number of halogens is 1. The maximum Gasteiger partial charge on any atom is 0.349 e. The smallest absolute Gasteiger partial charge is 0.349 e. The van der Waals surface area contributed by atoms with Gasteiger partial charge in [0.1, 0.15) is 6.54 Å². The van der Waals surface area contributed by atoms with E-state index in [2.05, 4.69) is 24.6 Å². The van der Waals surface area contributed by atoms with Crippen molar-refractivity contribution in [3.8, 4) is 0 Å². The Balaban J connectivity index is 0.00000256. The Hall–Kier alpha value is -1.03. The number of carbonyl (C=O) groups excluding carboxylic acids is 1. The fourth-order valence-electron chi connectivity index (χ4n) is 4.05. The minimum Gasteiger partial charge on any atom is -1.00 e. The Morgan fingerprint density at radius 3 is 2.33 bits per heavy atom. The summed E-state index contributed by atoms with van der Waals surface area (Å²) < 4.78 is 6.80. The summed E-state index contributed by atoms with van der Waals surface area (Å²) in [7, 11) is 2.24. The molecule has 3 aromatic rings. The molecule has 0 aromatic carbocycles. The fraction of sp³-hybridized carbons (Fsp3) is 0.409. The van der Waals surface area contributed by atoms with Crippen molar-refractivity contribution in [2.24, 2.45) is 0 Å². The first kappa shape index (κ1) is 23.6. The van der Waals surface area contributed by atoms with Gasteiger partial charge in [-0.2, -0.15) is 0 Å². The van der Waals surface area contributed by atoms with Crippen molar-refractivity contribution < 1.29 is 36.1 Å². The number of hydrogen-bond donors (Lipinski definition) is 1. The van der Waals surface area contributed by atoms with Crippen molar-refractivity contribution in [1.82, 2.24) is 0 Å². The number of likely N-dealkylation sites (N-methyl/N-ethyl adjacent to an activating group) is 1. The minimum absolute atomic E-state index is 0. The summed E-state index contributed by atoms with van der Waals surface area (Å²) in [6.07, 6.45) is 2.92. The zero-order valence-electron chi connectivity index (χ0n) is 16.8. The lowest BCUT2D eigenvalue weighted by Gasteiger charge is -2.30. The highest BCUT2D eigenvalue weighted by Gasteiger charge is 2.46. The standard InChI is InChI=1S/C22H26NO3S3.BrH/c1-23(11-2-6-18-7-3-13-27-18)12-10-17(16-23)26-21(24)22(25,19-8-4-14-28-19)20-9-5-15-29-20;/h3-5,7-9,13-15,17,25H,2,6,10-12,16H2,1H3;1H/q+1;/p-1/t17-,23?;/m1./s1. The van der Waals surface area contributed by atoms with E-state index < -0.39 is 11.6 Å². The van der Waals surface area contributed by atoms with E-state index in [0.29, 0.717) is 9.75 Å². The Morgan fingerprint density at radius 2 is 1.77 bits per heavy atom. The molecule has 1 unspecified atom stereocenters. The number of quaternary nitrogens is 1. The first-order valence-electron chi connectivity index (χ1n) is 9.87. The van der Waals surface area contributed by atoms with E-state index in [0.717, 1.165) is 43.4 Å². The van der Waals surface area contributed by atoms with Crippen molar-refractivity contribution in [2.75, 3.05) is 26.7 Å². The predicted octanol–water partition coefficient (Wildman–Crippen LogP) is 1.51. The number of likely N-dealkylation sites (tertiary alicyclic amines) is 1. The van der Waals surface area contributed by atoms with E-state index in [-0.39, 0.29) is 23.1 Å². The molecular formula is C22H26BrNO3S3. The number of carbonyl (C=O) groups is 1. The fourth-order valence-corrected chi connectivity index (χ4v) is 6.51. The minimum atomic E-state index is -1.71. The first-order valence-corrected chi connectivity index (χ1v) is 12.5. The van der Waals surface area contributed by atoms with Crippen LogP contribution in [0.1, 0.15) is 27.5 Å².